The quantitative estimate of drug-likeness (QED) is 0.772. The second-order valence-corrected chi connectivity index (χ2v) is 4.04. The van der Waals surface area contributed by atoms with E-state index in [9.17, 15) is 9.90 Å². The minimum absolute atomic E-state index is 0.211. The van der Waals surface area contributed by atoms with Crippen LogP contribution in [0.4, 0.5) is 0 Å². The van der Waals surface area contributed by atoms with Crippen molar-refractivity contribution in [3.05, 3.63) is 35.9 Å². The van der Waals surface area contributed by atoms with Gasteiger partial charge in [0.15, 0.2) is 0 Å². The Balaban J connectivity index is 2.53. The van der Waals surface area contributed by atoms with Gasteiger partial charge >= 0.3 is 5.97 Å². The lowest BCUT2D eigenvalue weighted by Gasteiger charge is -2.19. The summed E-state index contributed by atoms with van der Waals surface area (Å²) in [6.07, 6.45) is 0.753. The molecule has 17 heavy (non-hydrogen) atoms. The number of hydrogen-bond donors (Lipinski definition) is 1. The van der Waals surface area contributed by atoms with Crippen molar-refractivity contribution < 1.29 is 14.6 Å². The molecule has 0 bridgehead atoms. The highest BCUT2D eigenvalue weighted by Crippen LogP contribution is 2.20. The zero-order valence-corrected chi connectivity index (χ0v) is 10.4. The van der Waals surface area contributed by atoms with Crippen molar-refractivity contribution in [3.8, 4) is 0 Å². The summed E-state index contributed by atoms with van der Waals surface area (Å²) in [5, 5.41) is 10.0. The highest BCUT2D eigenvalue weighted by molar-refractivity contribution is 5.69. The molecule has 0 saturated carbocycles. The summed E-state index contributed by atoms with van der Waals surface area (Å²) in [4.78, 5) is 11.2. The molecule has 1 aromatic carbocycles. The van der Waals surface area contributed by atoms with E-state index in [1.165, 1.54) is 0 Å². The van der Waals surface area contributed by atoms with Crippen LogP contribution in [-0.4, -0.2) is 17.2 Å². The molecule has 2 atom stereocenters. The van der Waals surface area contributed by atoms with Crippen molar-refractivity contribution >= 4 is 5.97 Å². The topological polar surface area (TPSA) is 46.5 Å². The molecule has 0 radical (unpaired) electrons. The number of aliphatic hydroxyl groups is 1. The van der Waals surface area contributed by atoms with Crippen molar-refractivity contribution in [2.24, 2.45) is 0 Å². The summed E-state index contributed by atoms with van der Waals surface area (Å²) in [6.45, 7) is 3.72. The number of carbonyl (C=O) groups is 1. The van der Waals surface area contributed by atoms with E-state index in [0.29, 0.717) is 12.8 Å². The maximum absolute atomic E-state index is 11.2. The molecule has 0 heterocycles. The molecule has 1 rings (SSSR count). The van der Waals surface area contributed by atoms with Crippen molar-refractivity contribution in [1.29, 1.82) is 0 Å². The second kappa shape index (κ2) is 7.07. The molecular formula is C14H20O3. The van der Waals surface area contributed by atoms with E-state index in [0.717, 1.165) is 12.0 Å². The lowest BCUT2D eigenvalue weighted by molar-refractivity contribution is -0.150. The van der Waals surface area contributed by atoms with Crippen molar-refractivity contribution in [2.45, 2.75) is 45.3 Å². The zero-order valence-electron chi connectivity index (χ0n) is 10.4. The van der Waals surface area contributed by atoms with E-state index < -0.39 is 6.10 Å². The van der Waals surface area contributed by atoms with Gasteiger partial charge in [0.1, 0.15) is 6.10 Å². The number of rotatable bonds is 6. The number of aliphatic hydroxyl groups excluding tert-OH is 1. The van der Waals surface area contributed by atoms with Crippen LogP contribution in [0.3, 0.4) is 0 Å². The molecule has 1 N–H and O–H groups in total. The Morgan fingerprint density at radius 3 is 2.47 bits per heavy atom. The second-order valence-electron chi connectivity index (χ2n) is 4.04. The van der Waals surface area contributed by atoms with Crippen LogP contribution in [0.1, 0.15) is 44.8 Å². The van der Waals surface area contributed by atoms with Crippen LogP contribution < -0.4 is 0 Å². The first-order valence-electron chi connectivity index (χ1n) is 6.09. The SMILES string of the molecule is CCC(=O)O[C@H](CC)C[C@H](O)c1ccccc1. The Bertz CT molecular complexity index is 335. The highest BCUT2D eigenvalue weighted by atomic mass is 16.5. The molecule has 3 heteroatoms. The Morgan fingerprint density at radius 2 is 1.94 bits per heavy atom. The monoisotopic (exact) mass is 236 g/mol. The van der Waals surface area contributed by atoms with Gasteiger partial charge < -0.3 is 9.84 Å². The summed E-state index contributed by atoms with van der Waals surface area (Å²) >= 11 is 0. The van der Waals surface area contributed by atoms with E-state index in [4.69, 9.17) is 4.74 Å². The van der Waals surface area contributed by atoms with Crippen LogP contribution >= 0.6 is 0 Å². The maximum atomic E-state index is 11.2. The van der Waals surface area contributed by atoms with Crippen molar-refractivity contribution in [2.75, 3.05) is 0 Å². The molecule has 0 fully saturated rings. The molecule has 0 unspecified atom stereocenters. The summed E-state index contributed by atoms with van der Waals surface area (Å²) in [7, 11) is 0. The summed E-state index contributed by atoms with van der Waals surface area (Å²) in [5.74, 6) is -0.211. The van der Waals surface area contributed by atoms with Gasteiger partial charge in [-0.3, -0.25) is 4.79 Å². The predicted octanol–water partition coefficient (Wildman–Crippen LogP) is 2.84. The van der Waals surface area contributed by atoms with E-state index >= 15 is 0 Å². The number of carbonyl (C=O) groups excluding carboxylic acids is 1. The fraction of sp³-hybridized carbons (Fsp3) is 0.500. The summed E-state index contributed by atoms with van der Waals surface area (Å²) in [5.41, 5.74) is 0.860. The number of ether oxygens (including phenoxy) is 1. The van der Waals surface area contributed by atoms with Crippen LogP contribution in [-0.2, 0) is 9.53 Å². The first-order valence-corrected chi connectivity index (χ1v) is 6.09. The van der Waals surface area contributed by atoms with Crippen LogP contribution in [0.15, 0.2) is 30.3 Å². The molecule has 0 saturated heterocycles. The molecule has 1 aromatic rings. The minimum atomic E-state index is -0.578. The molecule has 0 spiro atoms. The van der Waals surface area contributed by atoms with Gasteiger partial charge in [-0.2, -0.15) is 0 Å². The maximum Gasteiger partial charge on any atom is 0.305 e. The summed E-state index contributed by atoms with van der Waals surface area (Å²) in [6, 6.07) is 9.43. The van der Waals surface area contributed by atoms with E-state index in [1.807, 2.05) is 37.3 Å². The van der Waals surface area contributed by atoms with Gasteiger partial charge in [0.25, 0.3) is 0 Å². The predicted molar refractivity (Wildman–Crippen MR) is 66.5 cm³/mol. The molecular weight excluding hydrogens is 216 g/mol. The third kappa shape index (κ3) is 4.57. The molecule has 0 aliphatic rings. The Labute approximate surface area is 102 Å². The largest absolute Gasteiger partial charge is 0.462 e. The smallest absolute Gasteiger partial charge is 0.305 e. The first kappa shape index (κ1) is 13.7. The van der Waals surface area contributed by atoms with Crippen molar-refractivity contribution in [3.63, 3.8) is 0 Å². The normalized spacial score (nSPS) is 14.1. The molecule has 0 aliphatic heterocycles. The first-order chi connectivity index (χ1) is 8.17. The average Bonchev–Trinajstić information content (AvgIpc) is 2.38. The Kier molecular flexibility index (Phi) is 5.70. The van der Waals surface area contributed by atoms with Crippen LogP contribution in [0.25, 0.3) is 0 Å². The Hall–Kier alpha value is -1.35. The van der Waals surface area contributed by atoms with E-state index in [-0.39, 0.29) is 12.1 Å². The van der Waals surface area contributed by atoms with Crippen molar-refractivity contribution in [1.82, 2.24) is 0 Å². The number of benzene rings is 1. The standard InChI is InChI=1S/C14H20O3/c1-3-12(17-14(16)4-2)10-13(15)11-8-6-5-7-9-11/h5-9,12-13,15H,3-4,10H2,1-2H3/t12-,13+/m1/s1. The molecule has 0 amide bonds. The van der Waals surface area contributed by atoms with Gasteiger partial charge in [-0.05, 0) is 12.0 Å². The molecule has 0 aromatic heterocycles. The van der Waals surface area contributed by atoms with Gasteiger partial charge in [-0.1, -0.05) is 44.2 Å². The van der Waals surface area contributed by atoms with Crippen LogP contribution in [0.2, 0.25) is 0 Å². The highest BCUT2D eigenvalue weighted by Gasteiger charge is 2.17. The van der Waals surface area contributed by atoms with Crippen LogP contribution in [0, 0.1) is 0 Å². The molecule has 94 valence electrons. The fourth-order valence-electron chi connectivity index (χ4n) is 1.63. The summed E-state index contributed by atoms with van der Waals surface area (Å²) < 4.78 is 5.24. The third-order valence-corrected chi connectivity index (χ3v) is 2.71. The third-order valence-electron chi connectivity index (χ3n) is 2.71. The Morgan fingerprint density at radius 1 is 1.29 bits per heavy atom. The van der Waals surface area contributed by atoms with E-state index in [2.05, 4.69) is 0 Å². The molecule has 3 nitrogen and oxygen atoms in total. The average molecular weight is 236 g/mol. The van der Waals surface area contributed by atoms with Gasteiger partial charge in [0.05, 0.1) is 6.10 Å². The van der Waals surface area contributed by atoms with Gasteiger partial charge in [0.2, 0.25) is 0 Å². The minimum Gasteiger partial charge on any atom is -0.462 e. The number of esters is 1. The lowest BCUT2D eigenvalue weighted by atomic mass is 10.0. The van der Waals surface area contributed by atoms with Crippen LogP contribution in [0.5, 0.6) is 0 Å². The van der Waals surface area contributed by atoms with Gasteiger partial charge in [-0.15, -0.1) is 0 Å². The van der Waals surface area contributed by atoms with Gasteiger partial charge in [0, 0.05) is 12.8 Å². The van der Waals surface area contributed by atoms with Gasteiger partial charge in [-0.25, -0.2) is 0 Å². The fourth-order valence-corrected chi connectivity index (χ4v) is 1.63. The molecule has 0 aliphatic carbocycles. The number of hydrogen-bond acceptors (Lipinski definition) is 3. The lowest BCUT2D eigenvalue weighted by Crippen LogP contribution is -2.19. The van der Waals surface area contributed by atoms with E-state index in [1.54, 1.807) is 6.92 Å². The zero-order chi connectivity index (χ0) is 12.7.